The Morgan fingerprint density at radius 2 is 1.23 bits per heavy atom. The number of rotatable bonds is 5. The zero-order valence-electron chi connectivity index (χ0n) is 31.1. The van der Waals surface area contributed by atoms with Crippen molar-refractivity contribution in [1.29, 1.82) is 0 Å². The summed E-state index contributed by atoms with van der Waals surface area (Å²) >= 11 is 0. The molecule has 0 saturated carbocycles. The van der Waals surface area contributed by atoms with Crippen molar-refractivity contribution >= 4 is 54.5 Å². The van der Waals surface area contributed by atoms with Crippen LogP contribution in [-0.2, 0) is 5.41 Å². The summed E-state index contributed by atoms with van der Waals surface area (Å²) < 4.78 is 9.64. The van der Waals surface area contributed by atoms with E-state index in [1.807, 2.05) is 0 Å². The van der Waals surface area contributed by atoms with Crippen LogP contribution < -0.4 is 0 Å². The Hall–Kier alpha value is -5.67. The second-order valence-corrected chi connectivity index (χ2v) is 16.0. The van der Waals surface area contributed by atoms with Crippen molar-refractivity contribution in [3.05, 3.63) is 144 Å². The zero-order valence-corrected chi connectivity index (χ0v) is 31.1. The molecule has 52 heavy (non-hydrogen) atoms. The quantitative estimate of drug-likeness (QED) is 0.170. The summed E-state index contributed by atoms with van der Waals surface area (Å²) in [6.07, 6.45) is 0. The van der Waals surface area contributed by atoms with Crippen molar-refractivity contribution in [1.82, 2.24) is 9.55 Å². The van der Waals surface area contributed by atoms with Gasteiger partial charge in [-0.05, 0) is 97.4 Å². The predicted molar refractivity (Wildman–Crippen MR) is 221 cm³/mol. The monoisotopic (exact) mass is 676 g/mol. The number of aromatic nitrogens is 2. The Balaban J connectivity index is 1.39. The number of para-hydroxylation sites is 3. The zero-order chi connectivity index (χ0) is 35.9. The molecule has 0 saturated heterocycles. The molecule has 3 nitrogen and oxygen atoms in total. The average Bonchev–Trinajstić information content (AvgIpc) is 3.71. The number of hydrogen-bond donors (Lipinski definition) is 0. The molecule has 0 N–H and O–H groups in total. The van der Waals surface area contributed by atoms with E-state index in [1.54, 1.807) is 0 Å². The van der Waals surface area contributed by atoms with Gasteiger partial charge in [0.2, 0.25) is 0 Å². The first kappa shape index (κ1) is 32.3. The van der Waals surface area contributed by atoms with Crippen molar-refractivity contribution in [2.24, 2.45) is 0 Å². The van der Waals surface area contributed by atoms with Crippen molar-refractivity contribution < 1.29 is 4.42 Å². The minimum Gasteiger partial charge on any atom is -0.455 e. The van der Waals surface area contributed by atoms with Crippen molar-refractivity contribution in [2.45, 2.75) is 65.7 Å². The fourth-order valence-electron chi connectivity index (χ4n) is 8.36. The lowest BCUT2D eigenvalue weighted by Gasteiger charge is -2.24. The van der Waals surface area contributed by atoms with Crippen LogP contribution in [0.4, 0.5) is 0 Å². The van der Waals surface area contributed by atoms with Crippen LogP contribution in [0.3, 0.4) is 0 Å². The van der Waals surface area contributed by atoms with Gasteiger partial charge in [-0.25, -0.2) is 4.98 Å². The summed E-state index contributed by atoms with van der Waals surface area (Å²) in [5.41, 5.74) is 12.3. The minimum atomic E-state index is -0.165. The van der Waals surface area contributed by atoms with Gasteiger partial charge in [-0.1, -0.05) is 139 Å². The molecule has 0 unspecified atom stereocenters. The number of nitrogens with zero attached hydrogens (tertiary/aromatic N) is 2. The van der Waals surface area contributed by atoms with Crippen LogP contribution in [0.25, 0.3) is 82.7 Å². The summed E-state index contributed by atoms with van der Waals surface area (Å²) in [5.74, 6) is 1.46. The molecule has 0 spiro atoms. The SMILES string of the molecule is CC(C)c1cc(-c2ccccc2)cc(C(C)C)c1-n1c(-c2cccc3c2oc2c(C(C)(C)C)c4c(ccc5ccccc54)cc23)nc2ccccc21. The molecule has 0 aliphatic heterocycles. The molecule has 2 heterocycles. The predicted octanol–water partition coefficient (Wildman–Crippen LogP) is 14.1. The van der Waals surface area contributed by atoms with Gasteiger partial charge >= 0.3 is 0 Å². The van der Waals surface area contributed by atoms with Crippen LogP contribution in [0.15, 0.2) is 132 Å². The normalized spacial score (nSPS) is 12.5. The molecule has 0 aliphatic rings. The van der Waals surface area contributed by atoms with Gasteiger partial charge in [0.15, 0.2) is 0 Å². The van der Waals surface area contributed by atoms with Crippen molar-refractivity contribution in [3.63, 3.8) is 0 Å². The van der Waals surface area contributed by atoms with Crippen LogP contribution >= 0.6 is 0 Å². The lowest BCUT2D eigenvalue weighted by atomic mass is 9.81. The highest BCUT2D eigenvalue weighted by molar-refractivity contribution is 6.20. The maximum Gasteiger partial charge on any atom is 0.149 e. The average molecular weight is 677 g/mol. The molecular weight excluding hydrogens is 633 g/mol. The number of benzene rings is 7. The van der Waals surface area contributed by atoms with Gasteiger partial charge in [-0.2, -0.15) is 0 Å². The molecule has 9 aromatic rings. The van der Waals surface area contributed by atoms with Gasteiger partial charge in [0.05, 0.1) is 22.3 Å². The molecule has 0 aliphatic carbocycles. The van der Waals surface area contributed by atoms with E-state index in [9.17, 15) is 0 Å². The van der Waals surface area contributed by atoms with E-state index in [-0.39, 0.29) is 17.3 Å². The molecule has 256 valence electrons. The van der Waals surface area contributed by atoms with Gasteiger partial charge in [-0.3, -0.25) is 4.57 Å². The number of furan rings is 1. The van der Waals surface area contributed by atoms with Crippen LogP contribution in [0.5, 0.6) is 0 Å². The molecule has 0 radical (unpaired) electrons. The number of hydrogen-bond acceptors (Lipinski definition) is 2. The molecule has 3 heteroatoms. The molecule has 7 aromatic carbocycles. The van der Waals surface area contributed by atoms with E-state index in [2.05, 4.69) is 180 Å². The fraction of sp³-hybridized carbons (Fsp3) is 0.204. The lowest BCUT2D eigenvalue weighted by molar-refractivity contribution is 0.578. The van der Waals surface area contributed by atoms with E-state index in [0.29, 0.717) is 0 Å². The molecule has 0 amide bonds. The molecule has 9 rings (SSSR count). The Bertz CT molecular complexity index is 2800. The first-order valence-corrected chi connectivity index (χ1v) is 18.6. The molecule has 0 atom stereocenters. The first-order chi connectivity index (χ1) is 25.1. The van der Waals surface area contributed by atoms with Crippen LogP contribution in [-0.4, -0.2) is 9.55 Å². The molecule has 2 aromatic heterocycles. The second kappa shape index (κ2) is 12.0. The highest BCUT2D eigenvalue weighted by atomic mass is 16.3. The Morgan fingerprint density at radius 1 is 0.577 bits per heavy atom. The highest BCUT2D eigenvalue weighted by Crippen LogP contribution is 2.47. The third kappa shape index (κ3) is 4.98. The minimum absolute atomic E-state index is 0.165. The number of fused-ring (bicyclic) bond motifs is 7. The van der Waals surface area contributed by atoms with E-state index in [0.717, 1.165) is 44.4 Å². The summed E-state index contributed by atoms with van der Waals surface area (Å²) in [5, 5.41) is 7.26. The Kier molecular flexibility index (Phi) is 7.41. The maximum atomic E-state index is 7.22. The maximum absolute atomic E-state index is 7.22. The van der Waals surface area contributed by atoms with Gasteiger partial charge in [-0.15, -0.1) is 0 Å². The highest BCUT2D eigenvalue weighted by Gasteiger charge is 2.28. The van der Waals surface area contributed by atoms with Crippen molar-refractivity contribution in [3.8, 4) is 28.2 Å². The summed E-state index contributed by atoms with van der Waals surface area (Å²) in [6, 6.07) is 46.2. The van der Waals surface area contributed by atoms with Gasteiger partial charge in [0, 0.05) is 16.3 Å². The summed E-state index contributed by atoms with van der Waals surface area (Å²) in [6.45, 7) is 16.1. The summed E-state index contributed by atoms with van der Waals surface area (Å²) in [7, 11) is 0. The van der Waals surface area contributed by atoms with Gasteiger partial charge in [0.1, 0.15) is 17.0 Å². The molecule has 0 bridgehead atoms. The van der Waals surface area contributed by atoms with Crippen LogP contribution in [0, 0.1) is 0 Å². The van der Waals surface area contributed by atoms with E-state index >= 15 is 0 Å². The number of imidazole rings is 1. The fourth-order valence-corrected chi connectivity index (χ4v) is 8.36. The third-order valence-corrected chi connectivity index (χ3v) is 10.8. The van der Waals surface area contributed by atoms with Crippen LogP contribution in [0.2, 0.25) is 0 Å². The van der Waals surface area contributed by atoms with E-state index in [4.69, 9.17) is 9.40 Å². The van der Waals surface area contributed by atoms with Gasteiger partial charge < -0.3 is 4.42 Å². The smallest absolute Gasteiger partial charge is 0.149 e. The third-order valence-electron chi connectivity index (χ3n) is 10.8. The molecular formula is C49H44N2O. The van der Waals surface area contributed by atoms with E-state index in [1.165, 1.54) is 55.0 Å². The van der Waals surface area contributed by atoms with Crippen molar-refractivity contribution in [2.75, 3.05) is 0 Å². The largest absolute Gasteiger partial charge is 0.455 e. The van der Waals surface area contributed by atoms with E-state index < -0.39 is 0 Å². The topological polar surface area (TPSA) is 31.0 Å². The lowest BCUT2D eigenvalue weighted by Crippen LogP contribution is -2.12. The molecule has 0 fully saturated rings. The Labute approximate surface area is 305 Å². The standard InChI is InChI=1S/C49H44N2O/c1-29(2)38-27-34(31-16-9-8-10-17-31)28-39(30(3)4)45(38)51-42-23-14-13-22-41(42)50-48(51)37-21-15-20-36-40-26-33-25-24-32-18-11-12-19-35(32)43(33)44(49(5,6)7)47(40)52-46(36)37/h8-30H,1-7H3. The Morgan fingerprint density at radius 3 is 1.96 bits per heavy atom. The second-order valence-electron chi connectivity index (χ2n) is 16.0. The van der Waals surface area contributed by atoms with Gasteiger partial charge in [0.25, 0.3) is 0 Å². The summed E-state index contributed by atoms with van der Waals surface area (Å²) in [4.78, 5) is 5.43. The van der Waals surface area contributed by atoms with Crippen LogP contribution in [0.1, 0.15) is 77.0 Å². The first-order valence-electron chi connectivity index (χ1n) is 18.6.